The van der Waals surface area contributed by atoms with E-state index in [0.717, 1.165) is 38.5 Å². The normalized spacial score (nSPS) is 13.8. The molecule has 79 heavy (non-hydrogen) atoms. The van der Waals surface area contributed by atoms with E-state index >= 15 is 0 Å². The summed E-state index contributed by atoms with van der Waals surface area (Å²) in [5, 5.41) is 13.9. The highest BCUT2D eigenvalue weighted by molar-refractivity contribution is 7.45. The van der Waals surface area contributed by atoms with Gasteiger partial charge in [-0.1, -0.05) is 353 Å². The van der Waals surface area contributed by atoms with Gasteiger partial charge in [0, 0.05) is 6.42 Å². The molecular weight excluding hydrogens is 996 g/mol. The molecule has 1 amide bonds. The van der Waals surface area contributed by atoms with Gasteiger partial charge in [-0.15, -0.1) is 0 Å². The fourth-order valence-electron chi connectivity index (χ4n) is 10.9. The van der Waals surface area contributed by atoms with Gasteiger partial charge in [0.05, 0.1) is 39.9 Å². The Morgan fingerprint density at radius 3 is 1.03 bits per heavy atom. The molecule has 0 aliphatic heterocycles. The number of rotatable bonds is 66. The van der Waals surface area contributed by atoms with Gasteiger partial charge in [-0.05, 0) is 32.1 Å². The number of aliphatic hydroxyl groups is 1. The molecule has 0 aliphatic carbocycles. The molecular formula is C70H139N2O6P. The zero-order chi connectivity index (χ0) is 57.7. The fourth-order valence-corrected chi connectivity index (χ4v) is 11.7. The number of phosphoric ester groups is 1. The molecule has 0 rings (SSSR count). The largest absolute Gasteiger partial charge is 0.756 e. The van der Waals surface area contributed by atoms with Crippen LogP contribution in [0.4, 0.5) is 0 Å². The number of unbranched alkanes of at least 4 members (excludes halogenated alkanes) is 51. The number of hydrogen-bond donors (Lipinski definition) is 2. The van der Waals surface area contributed by atoms with E-state index in [1.54, 1.807) is 6.08 Å². The van der Waals surface area contributed by atoms with Crippen molar-refractivity contribution in [2.75, 3.05) is 40.9 Å². The standard InChI is InChI=1S/C70H139N2O6P/c1-6-8-10-12-14-16-18-20-22-24-26-28-30-32-34-36-37-39-41-43-45-47-49-51-53-55-57-59-61-63-69(73)68(67-78-79(75,76)77-66-65-72(3,4)5)71-70(74)64-62-60-58-56-54-52-50-48-46-44-42-40-38-35-33-31-29-27-25-23-21-19-17-15-13-11-9-7-2/h53,55,61,63,68-69,73H,6-52,54,56-60,62,64-67H2,1-5H3,(H-,71,74,75,76)/b55-53+,63-61+. The third kappa shape index (κ3) is 64.4. The quantitative estimate of drug-likeness (QED) is 0.0272. The maximum Gasteiger partial charge on any atom is 0.268 e. The van der Waals surface area contributed by atoms with Crippen LogP contribution in [0.3, 0.4) is 0 Å². The molecule has 0 aromatic heterocycles. The summed E-state index contributed by atoms with van der Waals surface area (Å²) in [5.41, 5.74) is 0. The minimum absolute atomic E-state index is 0.00339. The van der Waals surface area contributed by atoms with Crippen LogP contribution in [0.25, 0.3) is 0 Å². The first-order valence-corrected chi connectivity index (χ1v) is 36.7. The molecule has 0 spiro atoms. The van der Waals surface area contributed by atoms with Crippen LogP contribution in [0.1, 0.15) is 367 Å². The molecule has 0 saturated heterocycles. The lowest BCUT2D eigenvalue weighted by molar-refractivity contribution is -0.870. The van der Waals surface area contributed by atoms with E-state index in [2.05, 4.69) is 31.3 Å². The lowest BCUT2D eigenvalue weighted by Crippen LogP contribution is -2.45. The van der Waals surface area contributed by atoms with E-state index in [9.17, 15) is 19.4 Å². The summed E-state index contributed by atoms with van der Waals surface area (Å²) in [7, 11) is 1.26. The zero-order valence-corrected chi connectivity index (χ0v) is 54.8. The summed E-state index contributed by atoms with van der Waals surface area (Å²) < 4.78 is 23.4. The van der Waals surface area contributed by atoms with E-state index in [0.29, 0.717) is 17.4 Å². The van der Waals surface area contributed by atoms with Gasteiger partial charge in [0.25, 0.3) is 7.82 Å². The van der Waals surface area contributed by atoms with Crippen molar-refractivity contribution in [1.29, 1.82) is 0 Å². The van der Waals surface area contributed by atoms with Gasteiger partial charge in [-0.3, -0.25) is 9.36 Å². The third-order valence-electron chi connectivity index (χ3n) is 16.4. The number of hydrogen-bond acceptors (Lipinski definition) is 6. The van der Waals surface area contributed by atoms with E-state index in [1.165, 1.54) is 308 Å². The Bertz CT molecular complexity index is 1340. The van der Waals surface area contributed by atoms with Crippen molar-refractivity contribution < 1.29 is 32.9 Å². The van der Waals surface area contributed by atoms with Crippen LogP contribution in [-0.4, -0.2) is 68.5 Å². The van der Waals surface area contributed by atoms with E-state index < -0.39 is 20.0 Å². The fraction of sp³-hybridized carbons (Fsp3) is 0.929. The molecule has 470 valence electrons. The molecule has 0 aliphatic rings. The lowest BCUT2D eigenvalue weighted by atomic mass is 10.0. The van der Waals surface area contributed by atoms with Crippen molar-refractivity contribution in [2.24, 2.45) is 0 Å². The highest BCUT2D eigenvalue weighted by atomic mass is 31.2. The highest BCUT2D eigenvalue weighted by Gasteiger charge is 2.23. The number of carbonyl (C=O) groups is 1. The number of nitrogens with zero attached hydrogens (tertiary/aromatic N) is 1. The minimum atomic E-state index is -4.61. The van der Waals surface area contributed by atoms with Crippen molar-refractivity contribution >= 4 is 13.7 Å². The van der Waals surface area contributed by atoms with Crippen molar-refractivity contribution in [1.82, 2.24) is 5.32 Å². The molecule has 0 saturated carbocycles. The first kappa shape index (κ1) is 78.0. The van der Waals surface area contributed by atoms with E-state index in [-0.39, 0.29) is 19.1 Å². The molecule has 3 atom stereocenters. The summed E-state index contributed by atoms with van der Waals surface area (Å²) >= 11 is 0. The van der Waals surface area contributed by atoms with E-state index in [1.807, 2.05) is 27.2 Å². The monoisotopic (exact) mass is 1140 g/mol. The average Bonchev–Trinajstić information content (AvgIpc) is 3.42. The summed E-state index contributed by atoms with van der Waals surface area (Å²) in [4.78, 5) is 25.6. The van der Waals surface area contributed by atoms with Crippen LogP contribution in [0, 0.1) is 0 Å². The van der Waals surface area contributed by atoms with Gasteiger partial charge in [0.2, 0.25) is 5.91 Å². The Morgan fingerprint density at radius 2 is 0.709 bits per heavy atom. The topological polar surface area (TPSA) is 108 Å². The smallest absolute Gasteiger partial charge is 0.268 e. The Kier molecular flexibility index (Phi) is 60.7. The second-order valence-electron chi connectivity index (χ2n) is 25.6. The second-order valence-corrected chi connectivity index (χ2v) is 27.0. The average molecular weight is 1140 g/mol. The summed E-state index contributed by atoms with van der Waals surface area (Å²) in [6.07, 6.45) is 80.3. The highest BCUT2D eigenvalue weighted by Crippen LogP contribution is 2.38. The number of quaternary nitrogens is 1. The SMILES string of the molecule is CCCCCCCCCCCCCCCCCCCCCCCCC/C=C/CC/C=C/C(O)C(COP(=O)([O-])OCC[N+](C)(C)C)NC(=O)CCCCCCCCCCCCCCCCCCCCCCCCCCCCCC. The zero-order valence-electron chi connectivity index (χ0n) is 53.9. The Hall–Kier alpha value is -1.02. The molecule has 3 unspecified atom stereocenters. The van der Waals surface area contributed by atoms with Gasteiger partial charge >= 0.3 is 0 Å². The summed E-state index contributed by atoms with van der Waals surface area (Å²) in [6.45, 7) is 4.70. The second kappa shape index (κ2) is 61.5. The molecule has 0 heterocycles. The van der Waals surface area contributed by atoms with Crippen LogP contribution < -0.4 is 10.2 Å². The molecule has 0 radical (unpaired) electrons. The van der Waals surface area contributed by atoms with Gasteiger partial charge in [0.15, 0.2) is 0 Å². The lowest BCUT2D eigenvalue weighted by Gasteiger charge is -2.29. The third-order valence-corrected chi connectivity index (χ3v) is 17.4. The van der Waals surface area contributed by atoms with Crippen LogP contribution in [-0.2, 0) is 18.4 Å². The molecule has 2 N–H and O–H groups in total. The van der Waals surface area contributed by atoms with Crippen LogP contribution in [0.15, 0.2) is 24.3 Å². The maximum atomic E-state index is 13.0. The van der Waals surface area contributed by atoms with Gasteiger partial charge in [0.1, 0.15) is 13.2 Å². The van der Waals surface area contributed by atoms with Crippen LogP contribution in [0.2, 0.25) is 0 Å². The van der Waals surface area contributed by atoms with Crippen molar-refractivity contribution in [2.45, 2.75) is 379 Å². The Labute approximate surface area is 494 Å². The number of phosphoric acid groups is 1. The minimum Gasteiger partial charge on any atom is -0.756 e. The van der Waals surface area contributed by atoms with Gasteiger partial charge < -0.3 is 28.8 Å². The molecule has 0 aromatic carbocycles. The summed E-state index contributed by atoms with van der Waals surface area (Å²) in [5.74, 6) is -0.198. The number of carbonyl (C=O) groups excluding carboxylic acids is 1. The molecule has 8 nitrogen and oxygen atoms in total. The predicted molar refractivity (Wildman–Crippen MR) is 344 cm³/mol. The first-order valence-electron chi connectivity index (χ1n) is 35.2. The number of nitrogens with one attached hydrogen (secondary N) is 1. The molecule has 0 fully saturated rings. The predicted octanol–water partition coefficient (Wildman–Crippen LogP) is 21.6. The molecule has 9 heteroatoms. The summed E-state index contributed by atoms with van der Waals surface area (Å²) in [6, 6.07) is -0.902. The number of amides is 1. The van der Waals surface area contributed by atoms with Crippen LogP contribution in [0.5, 0.6) is 0 Å². The first-order chi connectivity index (χ1) is 38.5. The Morgan fingerprint density at radius 1 is 0.430 bits per heavy atom. The molecule has 0 bridgehead atoms. The van der Waals surface area contributed by atoms with Crippen molar-refractivity contribution in [3.63, 3.8) is 0 Å². The van der Waals surface area contributed by atoms with Crippen molar-refractivity contribution in [3.05, 3.63) is 24.3 Å². The number of allylic oxidation sites excluding steroid dienone is 3. The maximum absolute atomic E-state index is 13.0. The van der Waals surface area contributed by atoms with Gasteiger partial charge in [-0.2, -0.15) is 0 Å². The van der Waals surface area contributed by atoms with Crippen LogP contribution >= 0.6 is 7.82 Å². The van der Waals surface area contributed by atoms with Crippen molar-refractivity contribution in [3.8, 4) is 0 Å². The Balaban J connectivity index is 4.07. The number of aliphatic hydroxyl groups excluding tert-OH is 1. The number of likely N-dealkylation sites (N-methyl/N-ethyl adjacent to an activating group) is 1. The molecule has 0 aromatic rings. The van der Waals surface area contributed by atoms with Gasteiger partial charge in [-0.25, -0.2) is 0 Å². The van der Waals surface area contributed by atoms with E-state index in [4.69, 9.17) is 9.05 Å².